The van der Waals surface area contributed by atoms with Gasteiger partial charge in [-0.2, -0.15) is 26.3 Å². The first-order valence-corrected chi connectivity index (χ1v) is 13.1. The van der Waals surface area contributed by atoms with Crippen molar-refractivity contribution in [2.45, 2.75) is 43.9 Å². The van der Waals surface area contributed by atoms with E-state index < -0.39 is 33.5 Å². The standard InChI is InChI=1S/C24H26F6N2O3S/c1-14-9-15(11-32-12-17-10-18(13-32)21(17)31-36(2,34)35)3-8-20(14)16-4-6-19(7-5-16)22(33,23(25,26)27)24(28,29)30/h3-9,17-18,21,31,33H,10-13H2,1-2H3. The first-order valence-electron chi connectivity index (χ1n) is 11.3. The Bertz CT molecular complexity index is 1200. The summed E-state index contributed by atoms with van der Waals surface area (Å²) in [5.41, 5.74) is -3.41. The van der Waals surface area contributed by atoms with Gasteiger partial charge in [0, 0.05) is 31.2 Å². The molecule has 2 unspecified atom stereocenters. The van der Waals surface area contributed by atoms with E-state index in [0.29, 0.717) is 29.8 Å². The molecule has 2 bridgehead atoms. The zero-order valence-electron chi connectivity index (χ0n) is 19.5. The van der Waals surface area contributed by atoms with E-state index >= 15 is 0 Å². The summed E-state index contributed by atoms with van der Waals surface area (Å²) in [6, 6.07) is 9.05. The zero-order chi connectivity index (χ0) is 26.7. The number of hydrogen-bond acceptors (Lipinski definition) is 4. The molecule has 3 aliphatic rings. The quantitative estimate of drug-likeness (QED) is 0.539. The van der Waals surface area contributed by atoms with Crippen LogP contribution in [0.2, 0.25) is 0 Å². The lowest BCUT2D eigenvalue weighted by molar-refractivity contribution is -0.376. The zero-order valence-corrected chi connectivity index (χ0v) is 20.3. The highest BCUT2D eigenvalue weighted by molar-refractivity contribution is 7.88. The average molecular weight is 537 g/mol. The van der Waals surface area contributed by atoms with Gasteiger partial charge in [-0.3, -0.25) is 4.90 Å². The second kappa shape index (κ2) is 9.00. The Morgan fingerprint density at radius 2 is 1.53 bits per heavy atom. The van der Waals surface area contributed by atoms with E-state index in [2.05, 4.69) is 9.62 Å². The van der Waals surface area contributed by atoms with Gasteiger partial charge in [0.2, 0.25) is 10.0 Å². The van der Waals surface area contributed by atoms with Crippen molar-refractivity contribution in [2.24, 2.45) is 11.8 Å². The topological polar surface area (TPSA) is 69.6 Å². The summed E-state index contributed by atoms with van der Waals surface area (Å²) in [5, 5.41) is 9.57. The monoisotopic (exact) mass is 536 g/mol. The van der Waals surface area contributed by atoms with Gasteiger partial charge < -0.3 is 5.11 Å². The summed E-state index contributed by atoms with van der Waals surface area (Å²) in [7, 11) is -3.26. The lowest BCUT2D eigenvalue weighted by Crippen LogP contribution is -2.63. The largest absolute Gasteiger partial charge is 0.430 e. The molecular weight excluding hydrogens is 510 g/mol. The van der Waals surface area contributed by atoms with Crippen LogP contribution in [0, 0.1) is 18.8 Å². The number of benzene rings is 2. The highest BCUT2D eigenvalue weighted by atomic mass is 32.2. The number of hydrogen-bond donors (Lipinski definition) is 2. The Hall–Kier alpha value is -2.15. The van der Waals surface area contributed by atoms with Gasteiger partial charge >= 0.3 is 12.4 Å². The van der Waals surface area contributed by atoms with Gasteiger partial charge in [0.1, 0.15) is 0 Å². The molecule has 198 valence electrons. The van der Waals surface area contributed by atoms with E-state index in [-0.39, 0.29) is 17.9 Å². The summed E-state index contributed by atoms with van der Waals surface area (Å²) in [5.74, 6) is 0.508. The number of rotatable bonds is 6. The average Bonchev–Trinajstić information content (AvgIpc) is 2.75. The van der Waals surface area contributed by atoms with Gasteiger partial charge in [0.15, 0.2) is 0 Å². The third-order valence-corrected chi connectivity index (χ3v) is 7.79. The predicted octanol–water partition coefficient (Wildman–Crippen LogP) is 4.34. The molecule has 36 heavy (non-hydrogen) atoms. The maximum absolute atomic E-state index is 13.1. The van der Waals surface area contributed by atoms with Gasteiger partial charge in [-0.05, 0) is 47.4 Å². The molecule has 2 aromatic carbocycles. The molecule has 5 rings (SSSR count). The van der Waals surface area contributed by atoms with E-state index in [0.717, 1.165) is 49.0 Å². The van der Waals surface area contributed by atoms with Crippen LogP contribution in [-0.2, 0) is 22.2 Å². The Labute approximate surface area is 205 Å². The molecule has 2 aliphatic heterocycles. The first-order chi connectivity index (χ1) is 16.5. The summed E-state index contributed by atoms with van der Waals surface area (Å²) in [4.78, 5) is 2.25. The molecular formula is C24H26F6N2O3S. The smallest absolute Gasteiger partial charge is 0.369 e. The fourth-order valence-electron chi connectivity index (χ4n) is 5.34. The number of sulfonamides is 1. The summed E-state index contributed by atoms with van der Waals surface area (Å²) >= 11 is 0. The predicted molar refractivity (Wildman–Crippen MR) is 121 cm³/mol. The van der Waals surface area contributed by atoms with Crippen molar-refractivity contribution in [2.75, 3.05) is 19.3 Å². The highest BCUT2D eigenvalue weighted by Crippen LogP contribution is 2.50. The molecule has 5 nitrogen and oxygen atoms in total. The van der Waals surface area contributed by atoms with Crippen molar-refractivity contribution in [1.29, 1.82) is 0 Å². The number of halogens is 6. The maximum atomic E-state index is 13.1. The number of nitrogens with zero attached hydrogens (tertiary/aromatic N) is 1. The molecule has 12 heteroatoms. The van der Waals surface area contributed by atoms with Crippen LogP contribution in [0.4, 0.5) is 26.3 Å². The second-order valence-corrected chi connectivity index (χ2v) is 11.6. The van der Waals surface area contributed by atoms with Crippen LogP contribution < -0.4 is 4.72 Å². The molecule has 1 aliphatic carbocycles. The molecule has 2 aromatic rings. The minimum Gasteiger partial charge on any atom is -0.369 e. The summed E-state index contributed by atoms with van der Waals surface area (Å²) in [6.07, 6.45) is -9.72. The van der Waals surface area contributed by atoms with Crippen molar-refractivity contribution < 1.29 is 39.9 Å². The molecule has 0 aromatic heterocycles. The van der Waals surface area contributed by atoms with Crippen LogP contribution >= 0.6 is 0 Å². The molecule has 0 amide bonds. The molecule has 1 saturated carbocycles. The Morgan fingerprint density at radius 3 is 2.00 bits per heavy atom. The van der Waals surface area contributed by atoms with Gasteiger partial charge in [-0.25, -0.2) is 13.1 Å². The van der Waals surface area contributed by atoms with Crippen molar-refractivity contribution in [3.8, 4) is 11.1 Å². The molecule has 3 fully saturated rings. The minimum atomic E-state index is -5.93. The van der Waals surface area contributed by atoms with Gasteiger partial charge in [-0.15, -0.1) is 0 Å². The number of aliphatic hydroxyl groups is 1. The van der Waals surface area contributed by atoms with Crippen LogP contribution in [0.25, 0.3) is 11.1 Å². The summed E-state index contributed by atoms with van der Waals surface area (Å²) in [6.45, 7) is 3.96. The van der Waals surface area contributed by atoms with Crippen LogP contribution in [0.1, 0.15) is 23.1 Å². The van der Waals surface area contributed by atoms with Crippen molar-refractivity contribution in [3.05, 3.63) is 59.2 Å². The molecule has 2 atom stereocenters. The number of alkyl halides is 6. The van der Waals surface area contributed by atoms with Gasteiger partial charge in [0.25, 0.3) is 5.60 Å². The number of nitrogens with one attached hydrogen (secondary N) is 1. The molecule has 2 saturated heterocycles. The van der Waals surface area contributed by atoms with Gasteiger partial charge in [0.05, 0.1) is 6.26 Å². The van der Waals surface area contributed by atoms with Crippen LogP contribution in [0.15, 0.2) is 42.5 Å². The van der Waals surface area contributed by atoms with Crippen LogP contribution in [-0.4, -0.2) is 56.2 Å². The lowest BCUT2D eigenvalue weighted by Gasteiger charge is -2.53. The fraction of sp³-hybridized carbons (Fsp3) is 0.500. The normalized spacial score (nSPS) is 23.4. The van der Waals surface area contributed by atoms with Gasteiger partial charge in [-0.1, -0.05) is 42.5 Å². The fourth-order valence-corrected chi connectivity index (χ4v) is 6.22. The van der Waals surface area contributed by atoms with E-state index in [1.165, 1.54) is 0 Å². The Kier molecular flexibility index (Phi) is 6.72. The number of piperidine rings is 2. The first kappa shape index (κ1) is 26.9. The Balaban J connectivity index is 1.47. The summed E-state index contributed by atoms with van der Waals surface area (Å²) < 4.78 is 105. The van der Waals surface area contributed by atoms with Crippen LogP contribution in [0.5, 0.6) is 0 Å². The number of aryl methyl sites for hydroxylation is 1. The SMILES string of the molecule is Cc1cc(CN2CC3CC(C2)C3NS(C)(=O)=O)ccc1-c1ccc(C(O)(C(F)(F)F)C(F)(F)F)cc1. The number of fused-ring (bicyclic) bond motifs is 2. The second-order valence-electron chi connectivity index (χ2n) is 9.80. The molecule has 2 N–H and O–H groups in total. The maximum Gasteiger partial charge on any atom is 0.430 e. The molecule has 0 radical (unpaired) electrons. The van der Waals surface area contributed by atoms with Crippen molar-refractivity contribution in [3.63, 3.8) is 0 Å². The van der Waals surface area contributed by atoms with E-state index in [1.807, 2.05) is 12.1 Å². The van der Waals surface area contributed by atoms with E-state index in [9.17, 15) is 39.9 Å². The third kappa shape index (κ3) is 5.00. The minimum absolute atomic E-state index is 0.0318. The lowest BCUT2D eigenvalue weighted by atomic mass is 9.66. The van der Waals surface area contributed by atoms with E-state index in [1.54, 1.807) is 13.0 Å². The highest BCUT2D eigenvalue weighted by Gasteiger charge is 2.71. The van der Waals surface area contributed by atoms with Crippen molar-refractivity contribution in [1.82, 2.24) is 9.62 Å². The van der Waals surface area contributed by atoms with Crippen molar-refractivity contribution >= 4 is 10.0 Å². The molecule has 0 spiro atoms. The molecule has 2 heterocycles. The third-order valence-electron chi connectivity index (χ3n) is 7.09. The Morgan fingerprint density at radius 1 is 0.972 bits per heavy atom. The van der Waals surface area contributed by atoms with Crippen LogP contribution in [0.3, 0.4) is 0 Å². The van der Waals surface area contributed by atoms with E-state index in [4.69, 9.17) is 0 Å².